The van der Waals surface area contributed by atoms with Crippen molar-refractivity contribution in [3.63, 3.8) is 0 Å². The van der Waals surface area contributed by atoms with Crippen LogP contribution in [-0.2, 0) is 0 Å². The van der Waals surface area contributed by atoms with Crippen LogP contribution in [0, 0.1) is 0 Å². The molecule has 12 aromatic rings. The SMILES string of the molecule is c1ccc(N(c2ccc(-c3cccc4ccccc34)cc2)c2ccc(-c3cccc4c3oc3ccccc34)cc2)c(-c2cccc3c2oc2cc4ccccc4cc23)c1. The van der Waals surface area contributed by atoms with Gasteiger partial charge in [-0.15, -0.1) is 0 Å². The molecule has 0 aliphatic rings. The largest absolute Gasteiger partial charge is 0.455 e. The second-order valence-electron chi connectivity index (χ2n) is 15.2. The van der Waals surface area contributed by atoms with E-state index in [9.17, 15) is 0 Å². The minimum atomic E-state index is 0.880. The quantitative estimate of drug-likeness (QED) is 0.169. The molecule has 0 unspecified atom stereocenters. The van der Waals surface area contributed by atoms with Gasteiger partial charge >= 0.3 is 0 Å². The van der Waals surface area contributed by atoms with Gasteiger partial charge in [0.2, 0.25) is 0 Å². The van der Waals surface area contributed by atoms with Crippen molar-refractivity contribution in [3.8, 4) is 33.4 Å². The van der Waals surface area contributed by atoms with E-state index in [1.807, 2.05) is 12.1 Å². The molecule has 0 aliphatic heterocycles. The summed E-state index contributed by atoms with van der Waals surface area (Å²) in [5.74, 6) is 0. The first kappa shape index (κ1) is 33.3. The molecule has 59 heavy (non-hydrogen) atoms. The summed E-state index contributed by atoms with van der Waals surface area (Å²) in [4.78, 5) is 2.36. The molecule has 0 saturated heterocycles. The van der Waals surface area contributed by atoms with Crippen molar-refractivity contribution in [2.24, 2.45) is 0 Å². The topological polar surface area (TPSA) is 29.5 Å². The first-order chi connectivity index (χ1) is 29.2. The molecule has 2 aromatic heterocycles. The summed E-state index contributed by atoms with van der Waals surface area (Å²) in [6.07, 6.45) is 0. The number of fused-ring (bicyclic) bond motifs is 8. The molecule has 0 amide bonds. The van der Waals surface area contributed by atoms with Crippen LogP contribution in [-0.4, -0.2) is 0 Å². The molecule has 0 aliphatic carbocycles. The Morgan fingerprint density at radius 3 is 1.56 bits per heavy atom. The van der Waals surface area contributed by atoms with Crippen molar-refractivity contribution < 1.29 is 8.83 Å². The molecule has 2 heterocycles. The van der Waals surface area contributed by atoms with Crippen LogP contribution in [0.5, 0.6) is 0 Å². The Balaban J connectivity index is 1.03. The highest BCUT2D eigenvalue weighted by Gasteiger charge is 2.21. The third-order valence-corrected chi connectivity index (χ3v) is 11.9. The highest BCUT2D eigenvalue weighted by molar-refractivity contribution is 6.14. The second kappa shape index (κ2) is 13.4. The Kier molecular flexibility index (Phi) is 7.54. The fourth-order valence-corrected chi connectivity index (χ4v) is 9.05. The van der Waals surface area contributed by atoms with Crippen LogP contribution in [0.3, 0.4) is 0 Å². The minimum absolute atomic E-state index is 0.880. The van der Waals surface area contributed by atoms with E-state index in [0.717, 1.165) is 83.2 Å². The van der Waals surface area contributed by atoms with E-state index >= 15 is 0 Å². The summed E-state index contributed by atoms with van der Waals surface area (Å²) in [5.41, 5.74) is 13.4. The maximum atomic E-state index is 6.79. The normalized spacial score (nSPS) is 11.7. The molecule has 3 nitrogen and oxygen atoms in total. The summed E-state index contributed by atoms with van der Waals surface area (Å²) < 4.78 is 13.2. The van der Waals surface area contributed by atoms with E-state index in [4.69, 9.17) is 8.83 Å². The van der Waals surface area contributed by atoms with Gasteiger partial charge in [0, 0.05) is 49.6 Å². The van der Waals surface area contributed by atoms with Crippen LogP contribution in [0.4, 0.5) is 17.1 Å². The van der Waals surface area contributed by atoms with Gasteiger partial charge in [-0.05, 0) is 86.8 Å². The molecule has 10 aromatic carbocycles. The highest BCUT2D eigenvalue weighted by atomic mass is 16.3. The number of furan rings is 2. The zero-order valence-electron chi connectivity index (χ0n) is 32.0. The molecule has 0 saturated carbocycles. The fourth-order valence-electron chi connectivity index (χ4n) is 9.05. The molecule has 0 fully saturated rings. The van der Waals surface area contributed by atoms with E-state index < -0.39 is 0 Å². The third kappa shape index (κ3) is 5.44. The first-order valence-corrected chi connectivity index (χ1v) is 20.1. The lowest BCUT2D eigenvalue weighted by Crippen LogP contribution is -2.11. The van der Waals surface area contributed by atoms with Gasteiger partial charge in [0.1, 0.15) is 22.3 Å². The van der Waals surface area contributed by atoms with Crippen LogP contribution < -0.4 is 4.90 Å². The monoisotopic (exact) mass is 753 g/mol. The average Bonchev–Trinajstić information content (AvgIpc) is 3.87. The highest BCUT2D eigenvalue weighted by Crippen LogP contribution is 2.46. The molecule has 276 valence electrons. The van der Waals surface area contributed by atoms with Crippen molar-refractivity contribution >= 4 is 82.5 Å². The number of rotatable bonds is 6. The summed E-state index contributed by atoms with van der Waals surface area (Å²) in [5, 5.41) is 9.32. The van der Waals surface area contributed by atoms with Crippen molar-refractivity contribution in [1.82, 2.24) is 0 Å². The summed E-state index contributed by atoms with van der Waals surface area (Å²) in [7, 11) is 0. The lowest BCUT2D eigenvalue weighted by atomic mass is 9.97. The number of para-hydroxylation sites is 4. The van der Waals surface area contributed by atoms with Gasteiger partial charge in [-0.3, -0.25) is 0 Å². The average molecular weight is 754 g/mol. The first-order valence-electron chi connectivity index (χ1n) is 20.1. The van der Waals surface area contributed by atoms with Crippen LogP contribution in [0.15, 0.2) is 221 Å². The number of hydrogen-bond acceptors (Lipinski definition) is 3. The van der Waals surface area contributed by atoms with Crippen LogP contribution in [0.25, 0.3) is 98.8 Å². The molecule has 0 bridgehead atoms. The Morgan fingerprint density at radius 1 is 0.288 bits per heavy atom. The van der Waals surface area contributed by atoms with Gasteiger partial charge in [0.15, 0.2) is 0 Å². The summed E-state index contributed by atoms with van der Waals surface area (Å²) in [6.45, 7) is 0. The molecular formula is C56H35NO2. The van der Waals surface area contributed by atoms with Crippen LogP contribution in [0.1, 0.15) is 0 Å². The van der Waals surface area contributed by atoms with E-state index in [1.165, 1.54) is 32.7 Å². The van der Waals surface area contributed by atoms with Crippen LogP contribution in [0.2, 0.25) is 0 Å². The number of hydrogen-bond donors (Lipinski definition) is 0. The number of anilines is 3. The fraction of sp³-hybridized carbons (Fsp3) is 0. The summed E-state index contributed by atoms with van der Waals surface area (Å²) in [6, 6.07) is 75.7. The molecule has 0 atom stereocenters. The molecule has 3 heteroatoms. The zero-order valence-corrected chi connectivity index (χ0v) is 32.0. The molecule has 0 spiro atoms. The van der Waals surface area contributed by atoms with Gasteiger partial charge < -0.3 is 13.7 Å². The maximum absolute atomic E-state index is 6.79. The molecule has 0 radical (unpaired) electrons. The zero-order chi connectivity index (χ0) is 38.9. The molecular weight excluding hydrogens is 719 g/mol. The third-order valence-electron chi connectivity index (χ3n) is 11.9. The maximum Gasteiger partial charge on any atom is 0.143 e. The smallest absolute Gasteiger partial charge is 0.143 e. The Labute approximate surface area is 340 Å². The summed E-state index contributed by atoms with van der Waals surface area (Å²) >= 11 is 0. The van der Waals surface area contributed by atoms with E-state index in [0.29, 0.717) is 0 Å². The van der Waals surface area contributed by atoms with Crippen LogP contribution >= 0.6 is 0 Å². The Morgan fingerprint density at radius 2 is 0.780 bits per heavy atom. The van der Waals surface area contributed by atoms with Crippen molar-refractivity contribution in [1.29, 1.82) is 0 Å². The standard InChI is InChI=1S/C56H35NO2/c1-2-14-40-35-54-51(34-39(40)13-1)50-23-11-21-48(56(50)59-54)46-17-5-7-24-52(46)57(41-30-26-37(27-31-41)44-19-9-15-36-12-3-4-16-43(36)44)42-32-28-38(29-33-42)45-20-10-22-49-47-18-6-8-25-53(47)58-55(45)49/h1-35H. The molecule has 0 N–H and O–H groups in total. The van der Waals surface area contributed by atoms with Crippen molar-refractivity contribution in [2.75, 3.05) is 4.90 Å². The second-order valence-corrected chi connectivity index (χ2v) is 15.2. The van der Waals surface area contributed by atoms with Gasteiger partial charge in [-0.1, -0.05) is 164 Å². The van der Waals surface area contributed by atoms with Gasteiger partial charge in [-0.25, -0.2) is 0 Å². The van der Waals surface area contributed by atoms with Crippen molar-refractivity contribution in [2.45, 2.75) is 0 Å². The predicted molar refractivity (Wildman–Crippen MR) is 247 cm³/mol. The van der Waals surface area contributed by atoms with E-state index in [1.54, 1.807) is 0 Å². The minimum Gasteiger partial charge on any atom is -0.455 e. The lowest BCUT2D eigenvalue weighted by Gasteiger charge is -2.28. The lowest BCUT2D eigenvalue weighted by molar-refractivity contribution is 0.670. The van der Waals surface area contributed by atoms with E-state index in [-0.39, 0.29) is 0 Å². The van der Waals surface area contributed by atoms with Gasteiger partial charge in [-0.2, -0.15) is 0 Å². The van der Waals surface area contributed by atoms with E-state index in [2.05, 4.69) is 205 Å². The predicted octanol–water partition coefficient (Wildman–Crippen LogP) is 16.3. The van der Waals surface area contributed by atoms with Gasteiger partial charge in [0.05, 0.1) is 5.69 Å². The Hall–Kier alpha value is -7.88. The molecule has 12 rings (SSSR count). The Bertz CT molecular complexity index is 3550. The number of nitrogens with zero attached hydrogens (tertiary/aromatic N) is 1. The van der Waals surface area contributed by atoms with Crippen molar-refractivity contribution in [3.05, 3.63) is 212 Å². The van der Waals surface area contributed by atoms with Gasteiger partial charge in [0.25, 0.3) is 0 Å². The number of benzene rings is 10.